The van der Waals surface area contributed by atoms with Gasteiger partial charge in [0.15, 0.2) is 0 Å². The Morgan fingerprint density at radius 1 is 1.40 bits per heavy atom. The average Bonchev–Trinajstić information content (AvgIpc) is 2.77. The number of primary amides is 1. The van der Waals surface area contributed by atoms with Crippen molar-refractivity contribution in [3.63, 3.8) is 0 Å². The third-order valence-electron chi connectivity index (χ3n) is 3.33. The number of amides is 2. The summed E-state index contributed by atoms with van der Waals surface area (Å²) >= 11 is 18.0. The van der Waals surface area contributed by atoms with Gasteiger partial charge in [-0.15, -0.1) is 0 Å². The minimum absolute atomic E-state index is 0.0956. The zero-order valence-corrected chi connectivity index (χ0v) is 15.7. The predicted octanol–water partition coefficient (Wildman–Crippen LogP) is 2.91. The van der Waals surface area contributed by atoms with Crippen LogP contribution in [0.2, 0.25) is 10.0 Å². The Balaban J connectivity index is 2.30. The maximum Gasteiger partial charge on any atom is 0.326 e. The van der Waals surface area contributed by atoms with E-state index < -0.39 is 23.8 Å². The van der Waals surface area contributed by atoms with Crippen LogP contribution in [0.3, 0.4) is 0 Å². The molecule has 2 rings (SSSR count). The molecule has 132 valence electrons. The first-order valence-electron chi connectivity index (χ1n) is 6.94. The van der Waals surface area contributed by atoms with Crippen LogP contribution >= 0.6 is 47.2 Å². The SMILES string of the molecule is NC(=O)CCC(C(=O)O)N1C(=O)/C(=C/c2ccc(Cl)cc2Cl)SC1=S. The second-order valence-electron chi connectivity index (χ2n) is 5.08. The van der Waals surface area contributed by atoms with Gasteiger partial charge in [0.1, 0.15) is 10.4 Å². The van der Waals surface area contributed by atoms with Gasteiger partial charge in [0.2, 0.25) is 5.91 Å². The van der Waals surface area contributed by atoms with Crippen LogP contribution < -0.4 is 5.73 Å². The summed E-state index contributed by atoms with van der Waals surface area (Å²) in [5.41, 5.74) is 5.61. The summed E-state index contributed by atoms with van der Waals surface area (Å²) in [6.07, 6.45) is 1.23. The molecule has 1 aromatic carbocycles. The Kier molecular flexibility index (Phi) is 6.45. The Hall–Kier alpha value is -1.61. The van der Waals surface area contributed by atoms with Crippen LogP contribution in [0, 0.1) is 0 Å². The molecule has 0 saturated carbocycles. The van der Waals surface area contributed by atoms with Crippen LogP contribution in [0.1, 0.15) is 18.4 Å². The number of rotatable bonds is 6. The van der Waals surface area contributed by atoms with Crippen LogP contribution in [-0.4, -0.2) is 38.2 Å². The third-order valence-corrected chi connectivity index (χ3v) is 5.23. The van der Waals surface area contributed by atoms with Gasteiger partial charge in [0.05, 0.1) is 4.91 Å². The van der Waals surface area contributed by atoms with Gasteiger partial charge >= 0.3 is 5.97 Å². The highest BCUT2D eigenvalue weighted by molar-refractivity contribution is 8.26. The minimum Gasteiger partial charge on any atom is -0.480 e. The maximum absolute atomic E-state index is 12.6. The van der Waals surface area contributed by atoms with Crippen LogP contribution in [0.5, 0.6) is 0 Å². The normalized spacial score (nSPS) is 17.2. The molecule has 6 nitrogen and oxygen atoms in total. The van der Waals surface area contributed by atoms with Crippen molar-refractivity contribution in [1.82, 2.24) is 4.90 Å². The topological polar surface area (TPSA) is 101 Å². The summed E-state index contributed by atoms with van der Waals surface area (Å²) in [5.74, 6) is -2.47. The van der Waals surface area contributed by atoms with Crippen molar-refractivity contribution >= 4 is 75.4 Å². The van der Waals surface area contributed by atoms with Crippen LogP contribution in [0.4, 0.5) is 0 Å². The number of carbonyl (C=O) groups excluding carboxylic acids is 2. The largest absolute Gasteiger partial charge is 0.480 e. The molecule has 0 spiro atoms. The lowest BCUT2D eigenvalue weighted by molar-refractivity contribution is -0.145. The summed E-state index contributed by atoms with van der Waals surface area (Å²) in [6.45, 7) is 0. The Morgan fingerprint density at radius 3 is 2.64 bits per heavy atom. The minimum atomic E-state index is -1.26. The second-order valence-corrected chi connectivity index (χ2v) is 7.60. The van der Waals surface area contributed by atoms with E-state index in [1.807, 2.05) is 0 Å². The van der Waals surface area contributed by atoms with Crippen LogP contribution in [-0.2, 0) is 14.4 Å². The van der Waals surface area contributed by atoms with Crippen molar-refractivity contribution in [3.05, 3.63) is 38.7 Å². The number of carboxylic acids is 1. The summed E-state index contributed by atoms with van der Waals surface area (Å²) in [6, 6.07) is 3.53. The van der Waals surface area contributed by atoms with Gasteiger partial charge in [-0.1, -0.05) is 53.2 Å². The molecule has 1 saturated heterocycles. The molecule has 0 aromatic heterocycles. The van der Waals surface area contributed by atoms with Gasteiger partial charge in [-0.3, -0.25) is 14.5 Å². The maximum atomic E-state index is 12.6. The highest BCUT2D eigenvalue weighted by atomic mass is 35.5. The molecule has 1 heterocycles. The molecule has 0 aliphatic carbocycles. The monoisotopic (exact) mass is 418 g/mol. The number of halogens is 2. The van der Waals surface area contributed by atoms with E-state index in [0.717, 1.165) is 16.7 Å². The van der Waals surface area contributed by atoms with E-state index in [1.54, 1.807) is 12.1 Å². The molecule has 1 unspecified atom stereocenters. The van der Waals surface area contributed by atoms with E-state index >= 15 is 0 Å². The fourth-order valence-electron chi connectivity index (χ4n) is 2.15. The van der Waals surface area contributed by atoms with Crippen LogP contribution in [0.25, 0.3) is 6.08 Å². The standard InChI is InChI=1S/C15H12Cl2N2O4S2/c16-8-2-1-7(9(17)6-8)5-11-13(21)19(15(24)25-11)10(14(22)23)3-4-12(18)20/h1-2,5-6,10H,3-4H2,(H2,18,20)(H,22,23)/b11-5-. The fourth-order valence-corrected chi connectivity index (χ4v) is 3.96. The Bertz CT molecular complexity index is 798. The van der Waals surface area contributed by atoms with Crippen LogP contribution in [0.15, 0.2) is 23.1 Å². The fraction of sp³-hybridized carbons (Fsp3) is 0.200. The first kappa shape index (κ1) is 19.7. The van der Waals surface area contributed by atoms with Crippen molar-refractivity contribution < 1.29 is 19.5 Å². The summed E-state index contributed by atoms with van der Waals surface area (Å²) in [4.78, 5) is 36.2. The van der Waals surface area contributed by atoms with Gasteiger partial charge in [0, 0.05) is 16.5 Å². The lowest BCUT2D eigenvalue weighted by atomic mass is 10.1. The number of carbonyl (C=O) groups is 3. The Morgan fingerprint density at radius 2 is 2.08 bits per heavy atom. The van der Waals surface area contributed by atoms with Gasteiger partial charge in [0.25, 0.3) is 5.91 Å². The molecule has 1 aromatic rings. The number of nitrogens with two attached hydrogens (primary N) is 1. The molecule has 1 fully saturated rings. The highest BCUT2D eigenvalue weighted by Crippen LogP contribution is 2.36. The van der Waals surface area contributed by atoms with Crippen molar-refractivity contribution in [2.45, 2.75) is 18.9 Å². The van der Waals surface area contributed by atoms with Crippen molar-refractivity contribution in [1.29, 1.82) is 0 Å². The number of carboxylic acid groups (broad SMARTS) is 1. The number of benzene rings is 1. The van der Waals surface area contributed by atoms with E-state index in [4.69, 9.17) is 41.2 Å². The lowest BCUT2D eigenvalue weighted by Crippen LogP contribution is -2.44. The number of nitrogens with zero attached hydrogens (tertiary/aromatic N) is 1. The van der Waals surface area contributed by atoms with Gasteiger partial charge in [-0.25, -0.2) is 4.79 Å². The molecule has 10 heteroatoms. The van der Waals surface area contributed by atoms with Crippen molar-refractivity contribution in [3.8, 4) is 0 Å². The van der Waals surface area contributed by atoms with Gasteiger partial charge in [-0.05, 0) is 30.2 Å². The average molecular weight is 419 g/mol. The molecule has 1 atom stereocenters. The zero-order valence-electron chi connectivity index (χ0n) is 12.6. The molecular weight excluding hydrogens is 407 g/mol. The number of hydrogen-bond acceptors (Lipinski definition) is 5. The van der Waals surface area contributed by atoms with E-state index in [-0.39, 0.29) is 22.1 Å². The number of thioether (sulfide) groups is 1. The van der Waals surface area contributed by atoms with Gasteiger partial charge < -0.3 is 10.8 Å². The molecule has 3 N–H and O–H groups in total. The molecule has 0 bridgehead atoms. The first-order chi connectivity index (χ1) is 11.7. The molecule has 25 heavy (non-hydrogen) atoms. The van der Waals surface area contributed by atoms with E-state index in [2.05, 4.69) is 0 Å². The number of thiocarbonyl (C=S) groups is 1. The number of aliphatic carboxylic acids is 1. The second kappa shape index (κ2) is 8.18. The molecule has 1 aliphatic rings. The zero-order chi connectivity index (χ0) is 18.7. The lowest BCUT2D eigenvalue weighted by Gasteiger charge is -2.22. The summed E-state index contributed by atoms with van der Waals surface area (Å²) in [7, 11) is 0. The first-order valence-corrected chi connectivity index (χ1v) is 8.92. The quantitative estimate of drug-likeness (QED) is 0.543. The van der Waals surface area contributed by atoms with E-state index in [1.165, 1.54) is 12.1 Å². The number of hydrogen-bond donors (Lipinski definition) is 2. The van der Waals surface area contributed by atoms with E-state index in [0.29, 0.717) is 15.6 Å². The molecular formula is C15H12Cl2N2O4S2. The predicted molar refractivity (Wildman–Crippen MR) is 101 cm³/mol. The molecule has 2 amide bonds. The van der Waals surface area contributed by atoms with Gasteiger partial charge in [-0.2, -0.15) is 0 Å². The summed E-state index contributed by atoms with van der Waals surface area (Å²) < 4.78 is 0.0956. The van der Waals surface area contributed by atoms with Crippen molar-refractivity contribution in [2.75, 3.05) is 0 Å². The third kappa shape index (κ3) is 4.72. The van der Waals surface area contributed by atoms with E-state index in [9.17, 15) is 19.5 Å². The Labute approximate surface area is 162 Å². The smallest absolute Gasteiger partial charge is 0.326 e. The summed E-state index contributed by atoms with van der Waals surface area (Å²) in [5, 5.41) is 10.2. The van der Waals surface area contributed by atoms with Crippen molar-refractivity contribution in [2.24, 2.45) is 5.73 Å². The molecule has 1 aliphatic heterocycles. The molecule has 0 radical (unpaired) electrons. The highest BCUT2D eigenvalue weighted by Gasteiger charge is 2.40.